The van der Waals surface area contributed by atoms with Crippen molar-refractivity contribution in [2.24, 2.45) is 0 Å². The molecule has 0 bridgehead atoms. The molecule has 2 aromatic heterocycles. The maximum atomic E-state index is 10.9. The Morgan fingerprint density at radius 2 is 2.37 bits per heavy atom. The van der Waals surface area contributed by atoms with Crippen molar-refractivity contribution in [1.82, 2.24) is 20.2 Å². The Bertz CT molecular complexity index is 559. The van der Waals surface area contributed by atoms with Gasteiger partial charge < -0.3 is 5.32 Å². The summed E-state index contributed by atoms with van der Waals surface area (Å²) < 4.78 is 0. The van der Waals surface area contributed by atoms with Gasteiger partial charge in [-0.3, -0.25) is 15.2 Å². The lowest BCUT2D eigenvalue weighted by Crippen LogP contribution is -2.03. The standard InChI is InChI=1S/C10H12N6O2S/c1-2-3-11-8-4-7(16(17)18)5-9(14-8)19-10-12-6-13-15-10/h4-6H,2-3H2,1H3,(H,11,14)(H,12,13,15). The van der Waals surface area contributed by atoms with Crippen molar-refractivity contribution in [2.75, 3.05) is 11.9 Å². The summed E-state index contributed by atoms with van der Waals surface area (Å²) >= 11 is 1.19. The molecule has 9 heteroatoms. The summed E-state index contributed by atoms with van der Waals surface area (Å²) in [5.41, 5.74) is -0.00406. The van der Waals surface area contributed by atoms with Crippen molar-refractivity contribution in [1.29, 1.82) is 0 Å². The second-order valence-corrected chi connectivity index (χ2v) is 4.63. The molecule has 2 N–H and O–H groups in total. The van der Waals surface area contributed by atoms with E-state index in [0.29, 0.717) is 22.5 Å². The maximum Gasteiger partial charge on any atom is 0.275 e. The van der Waals surface area contributed by atoms with E-state index in [1.165, 1.54) is 30.2 Å². The Hall–Kier alpha value is -2.16. The van der Waals surface area contributed by atoms with Crippen molar-refractivity contribution in [3.63, 3.8) is 0 Å². The number of hydrogen-bond acceptors (Lipinski definition) is 7. The van der Waals surface area contributed by atoms with Crippen LogP contribution in [0, 0.1) is 10.1 Å². The molecule has 0 aliphatic heterocycles. The normalized spacial score (nSPS) is 10.4. The molecule has 0 unspecified atom stereocenters. The summed E-state index contributed by atoms with van der Waals surface area (Å²) in [6.45, 7) is 2.72. The Morgan fingerprint density at radius 1 is 1.53 bits per heavy atom. The third kappa shape index (κ3) is 3.65. The largest absolute Gasteiger partial charge is 0.370 e. The summed E-state index contributed by atoms with van der Waals surface area (Å²) in [6.07, 6.45) is 2.28. The monoisotopic (exact) mass is 280 g/mol. The van der Waals surface area contributed by atoms with Crippen molar-refractivity contribution in [3.8, 4) is 0 Å². The van der Waals surface area contributed by atoms with E-state index in [9.17, 15) is 10.1 Å². The van der Waals surface area contributed by atoms with Gasteiger partial charge in [-0.15, -0.1) is 0 Å². The molecule has 0 aliphatic carbocycles. The van der Waals surface area contributed by atoms with E-state index >= 15 is 0 Å². The third-order valence-corrected chi connectivity index (χ3v) is 2.96. The molecule has 0 aromatic carbocycles. The number of hydrogen-bond donors (Lipinski definition) is 2. The number of aromatic nitrogens is 4. The third-order valence-electron chi connectivity index (χ3n) is 2.15. The molecule has 0 saturated heterocycles. The van der Waals surface area contributed by atoms with Crippen molar-refractivity contribution in [3.05, 3.63) is 28.6 Å². The maximum absolute atomic E-state index is 10.9. The number of nitro groups is 1. The smallest absolute Gasteiger partial charge is 0.275 e. The molecule has 0 radical (unpaired) electrons. The Balaban J connectivity index is 2.25. The van der Waals surface area contributed by atoms with E-state index in [-0.39, 0.29) is 5.69 Å². The highest BCUT2D eigenvalue weighted by molar-refractivity contribution is 7.99. The van der Waals surface area contributed by atoms with E-state index in [4.69, 9.17) is 0 Å². The predicted octanol–water partition coefficient (Wildman–Crippen LogP) is 2.08. The van der Waals surface area contributed by atoms with E-state index < -0.39 is 4.92 Å². The first-order valence-electron chi connectivity index (χ1n) is 5.62. The van der Waals surface area contributed by atoms with Gasteiger partial charge in [-0.2, -0.15) is 5.10 Å². The van der Waals surface area contributed by atoms with Crippen LogP contribution in [-0.2, 0) is 0 Å². The highest BCUT2D eigenvalue weighted by Gasteiger charge is 2.12. The molecule has 2 aromatic rings. The number of nitrogens with one attached hydrogen (secondary N) is 2. The summed E-state index contributed by atoms with van der Waals surface area (Å²) in [4.78, 5) is 18.7. The zero-order valence-corrected chi connectivity index (χ0v) is 11.0. The number of aromatic amines is 1. The molecule has 0 aliphatic rings. The quantitative estimate of drug-likeness (QED) is 0.615. The fourth-order valence-corrected chi connectivity index (χ4v) is 2.06. The molecular weight excluding hydrogens is 268 g/mol. The van der Waals surface area contributed by atoms with Gasteiger partial charge in [-0.05, 0) is 18.2 Å². The molecule has 0 atom stereocenters. The first-order valence-corrected chi connectivity index (χ1v) is 6.44. The summed E-state index contributed by atoms with van der Waals surface area (Å²) in [5.74, 6) is 0.484. The van der Waals surface area contributed by atoms with Crippen LogP contribution in [0.3, 0.4) is 0 Å². The van der Waals surface area contributed by atoms with Crippen LogP contribution in [0.2, 0.25) is 0 Å². The molecule has 0 amide bonds. The number of H-pyrrole nitrogens is 1. The van der Waals surface area contributed by atoms with Gasteiger partial charge in [-0.25, -0.2) is 9.97 Å². The average Bonchev–Trinajstić information content (AvgIpc) is 2.89. The van der Waals surface area contributed by atoms with Gasteiger partial charge in [0.25, 0.3) is 5.69 Å². The van der Waals surface area contributed by atoms with Crippen LogP contribution in [0.25, 0.3) is 0 Å². The van der Waals surface area contributed by atoms with E-state index in [2.05, 4.69) is 25.5 Å². The molecule has 2 heterocycles. The van der Waals surface area contributed by atoms with E-state index in [0.717, 1.165) is 6.42 Å². The first kappa shape index (κ1) is 13.3. The lowest BCUT2D eigenvalue weighted by Gasteiger charge is -2.05. The topological polar surface area (TPSA) is 110 Å². The summed E-state index contributed by atoms with van der Waals surface area (Å²) in [5, 5.41) is 21.3. The molecule has 2 rings (SSSR count). The van der Waals surface area contributed by atoms with Crippen LogP contribution in [0.1, 0.15) is 13.3 Å². The van der Waals surface area contributed by atoms with Gasteiger partial charge in [0, 0.05) is 12.6 Å². The highest BCUT2D eigenvalue weighted by Crippen LogP contribution is 2.27. The number of rotatable bonds is 6. The Labute approximate surface area is 113 Å². The van der Waals surface area contributed by atoms with Gasteiger partial charge in [0.15, 0.2) is 5.16 Å². The van der Waals surface area contributed by atoms with E-state index in [1.807, 2.05) is 6.92 Å². The number of nitrogens with zero attached hydrogens (tertiary/aromatic N) is 4. The fourth-order valence-electron chi connectivity index (χ4n) is 1.34. The minimum Gasteiger partial charge on any atom is -0.370 e. The van der Waals surface area contributed by atoms with Crippen LogP contribution in [-0.4, -0.2) is 31.6 Å². The SMILES string of the molecule is CCCNc1cc([N+](=O)[O-])cc(Sc2ncn[nH]2)n1. The van der Waals surface area contributed by atoms with Gasteiger partial charge in [0.05, 0.1) is 11.0 Å². The Morgan fingerprint density at radius 3 is 3.00 bits per heavy atom. The van der Waals surface area contributed by atoms with Gasteiger partial charge in [0.2, 0.25) is 0 Å². The zero-order valence-electron chi connectivity index (χ0n) is 10.2. The zero-order chi connectivity index (χ0) is 13.7. The van der Waals surface area contributed by atoms with Crippen LogP contribution in [0.15, 0.2) is 28.6 Å². The molecule has 8 nitrogen and oxygen atoms in total. The summed E-state index contributed by atoms with van der Waals surface area (Å²) in [7, 11) is 0. The molecule has 100 valence electrons. The average molecular weight is 280 g/mol. The van der Waals surface area contributed by atoms with Gasteiger partial charge in [0.1, 0.15) is 17.2 Å². The lowest BCUT2D eigenvalue weighted by atomic mass is 10.4. The first-order chi connectivity index (χ1) is 9.19. The second-order valence-electron chi connectivity index (χ2n) is 3.63. The lowest BCUT2D eigenvalue weighted by molar-refractivity contribution is -0.385. The number of pyridine rings is 1. The van der Waals surface area contributed by atoms with E-state index in [1.54, 1.807) is 0 Å². The summed E-state index contributed by atoms with van der Waals surface area (Å²) in [6, 6.07) is 2.82. The molecule has 19 heavy (non-hydrogen) atoms. The van der Waals surface area contributed by atoms with Crippen molar-refractivity contribution in [2.45, 2.75) is 23.5 Å². The molecule has 0 fully saturated rings. The highest BCUT2D eigenvalue weighted by atomic mass is 32.2. The minimum atomic E-state index is -0.441. The molecule has 0 saturated carbocycles. The Kier molecular flexibility index (Phi) is 4.29. The van der Waals surface area contributed by atoms with Gasteiger partial charge in [-0.1, -0.05) is 6.92 Å². The fraction of sp³-hybridized carbons (Fsp3) is 0.300. The molecule has 0 spiro atoms. The minimum absolute atomic E-state index is 0.00406. The van der Waals surface area contributed by atoms with Crippen LogP contribution in [0.4, 0.5) is 11.5 Å². The van der Waals surface area contributed by atoms with Crippen molar-refractivity contribution < 1.29 is 4.92 Å². The molecular formula is C10H12N6O2S. The van der Waals surface area contributed by atoms with Crippen LogP contribution < -0.4 is 5.32 Å². The van der Waals surface area contributed by atoms with Crippen LogP contribution in [0.5, 0.6) is 0 Å². The van der Waals surface area contributed by atoms with Crippen molar-refractivity contribution >= 4 is 23.3 Å². The second kappa shape index (κ2) is 6.14. The van der Waals surface area contributed by atoms with Crippen LogP contribution >= 0.6 is 11.8 Å². The van der Waals surface area contributed by atoms with Gasteiger partial charge >= 0.3 is 0 Å². The number of anilines is 1. The predicted molar refractivity (Wildman–Crippen MR) is 70.2 cm³/mol.